The summed E-state index contributed by atoms with van der Waals surface area (Å²) in [5, 5.41) is 5.77. The van der Waals surface area contributed by atoms with Crippen LogP contribution >= 0.6 is 12.4 Å². The zero-order valence-corrected chi connectivity index (χ0v) is 14.3. The number of benzene rings is 1. The molecule has 1 heterocycles. The minimum atomic E-state index is -4.42. The van der Waals surface area contributed by atoms with Crippen LogP contribution in [-0.4, -0.2) is 51.6 Å². The SMILES string of the molecule is COc1cc(CNC(=O)C2CNCCO2)ccc1OCC(F)(F)F.Cl. The molecule has 0 radical (unpaired) electrons. The summed E-state index contributed by atoms with van der Waals surface area (Å²) in [6.45, 7) is 0.428. The smallest absolute Gasteiger partial charge is 0.422 e. The zero-order chi connectivity index (χ0) is 17.6. The van der Waals surface area contributed by atoms with E-state index in [1.807, 2.05) is 0 Å². The first kappa shape index (κ1) is 21.3. The summed E-state index contributed by atoms with van der Waals surface area (Å²) in [6, 6.07) is 4.46. The molecule has 0 saturated carbocycles. The van der Waals surface area contributed by atoms with E-state index in [9.17, 15) is 18.0 Å². The summed E-state index contributed by atoms with van der Waals surface area (Å²) in [6.07, 6.45) is -4.97. The van der Waals surface area contributed by atoms with Gasteiger partial charge in [0.15, 0.2) is 18.1 Å². The maximum absolute atomic E-state index is 12.2. The molecule has 1 unspecified atom stereocenters. The monoisotopic (exact) mass is 384 g/mol. The minimum Gasteiger partial charge on any atom is -0.493 e. The Hall–Kier alpha value is -1.71. The number of morpholine rings is 1. The van der Waals surface area contributed by atoms with Crippen molar-refractivity contribution < 1.29 is 32.2 Å². The van der Waals surface area contributed by atoms with Crippen molar-refractivity contribution in [2.45, 2.75) is 18.8 Å². The van der Waals surface area contributed by atoms with Crippen molar-refractivity contribution >= 4 is 18.3 Å². The Morgan fingerprint density at radius 3 is 2.76 bits per heavy atom. The highest BCUT2D eigenvalue weighted by Gasteiger charge is 2.29. The van der Waals surface area contributed by atoms with Crippen molar-refractivity contribution in [3.05, 3.63) is 23.8 Å². The largest absolute Gasteiger partial charge is 0.493 e. The lowest BCUT2D eigenvalue weighted by atomic mass is 10.2. The van der Waals surface area contributed by atoms with Crippen LogP contribution in [0.15, 0.2) is 18.2 Å². The fourth-order valence-corrected chi connectivity index (χ4v) is 2.14. The van der Waals surface area contributed by atoms with E-state index in [4.69, 9.17) is 14.2 Å². The van der Waals surface area contributed by atoms with E-state index in [1.165, 1.54) is 19.2 Å². The molecule has 1 fully saturated rings. The second-order valence-corrected chi connectivity index (χ2v) is 5.17. The molecular weight excluding hydrogens is 365 g/mol. The predicted molar refractivity (Wildman–Crippen MR) is 86.2 cm³/mol. The van der Waals surface area contributed by atoms with Crippen LogP contribution in [0.2, 0.25) is 0 Å². The predicted octanol–water partition coefficient (Wildman–Crippen LogP) is 1.66. The van der Waals surface area contributed by atoms with Crippen molar-refractivity contribution in [1.82, 2.24) is 10.6 Å². The third-order valence-electron chi connectivity index (χ3n) is 3.31. The number of hydrogen-bond acceptors (Lipinski definition) is 5. The van der Waals surface area contributed by atoms with Crippen LogP contribution in [0.1, 0.15) is 5.56 Å². The lowest BCUT2D eigenvalue weighted by Gasteiger charge is -2.22. The molecule has 2 rings (SSSR count). The van der Waals surface area contributed by atoms with Gasteiger partial charge in [0.2, 0.25) is 0 Å². The highest BCUT2D eigenvalue weighted by atomic mass is 35.5. The summed E-state index contributed by atoms with van der Waals surface area (Å²) < 4.78 is 51.7. The van der Waals surface area contributed by atoms with E-state index in [2.05, 4.69) is 10.6 Å². The molecule has 6 nitrogen and oxygen atoms in total. The first-order valence-corrected chi connectivity index (χ1v) is 7.35. The van der Waals surface area contributed by atoms with Crippen molar-refractivity contribution in [2.24, 2.45) is 0 Å². The molecular formula is C15H20ClF3N2O4. The summed E-state index contributed by atoms with van der Waals surface area (Å²) >= 11 is 0. The van der Waals surface area contributed by atoms with E-state index in [0.29, 0.717) is 25.3 Å². The average molecular weight is 385 g/mol. The van der Waals surface area contributed by atoms with E-state index in [-0.39, 0.29) is 36.4 Å². The number of nitrogens with one attached hydrogen (secondary N) is 2. The number of methoxy groups -OCH3 is 1. The highest BCUT2D eigenvalue weighted by molar-refractivity contribution is 5.85. The van der Waals surface area contributed by atoms with Gasteiger partial charge in [-0.2, -0.15) is 13.2 Å². The van der Waals surface area contributed by atoms with Gasteiger partial charge in [-0.15, -0.1) is 12.4 Å². The van der Waals surface area contributed by atoms with Crippen LogP contribution in [0.4, 0.5) is 13.2 Å². The van der Waals surface area contributed by atoms with Crippen LogP contribution in [0.3, 0.4) is 0 Å². The van der Waals surface area contributed by atoms with Gasteiger partial charge < -0.3 is 24.8 Å². The summed E-state index contributed by atoms with van der Waals surface area (Å²) in [5.74, 6) is -0.0927. The molecule has 1 aliphatic heterocycles. The molecule has 1 aromatic rings. The lowest BCUT2D eigenvalue weighted by Crippen LogP contribution is -2.47. The Bertz CT molecular complexity index is 566. The normalized spacial score (nSPS) is 17.4. The van der Waals surface area contributed by atoms with Gasteiger partial charge in [0.1, 0.15) is 6.10 Å². The Balaban J connectivity index is 0.00000312. The van der Waals surface area contributed by atoms with Gasteiger partial charge in [0.25, 0.3) is 5.91 Å². The third kappa shape index (κ3) is 6.97. The number of carbonyl (C=O) groups is 1. The van der Waals surface area contributed by atoms with Crippen LogP contribution < -0.4 is 20.1 Å². The molecule has 0 spiro atoms. The molecule has 25 heavy (non-hydrogen) atoms. The van der Waals surface area contributed by atoms with Gasteiger partial charge in [-0.25, -0.2) is 0 Å². The molecule has 1 atom stereocenters. The molecule has 1 saturated heterocycles. The van der Waals surface area contributed by atoms with Gasteiger partial charge in [0.05, 0.1) is 13.7 Å². The standard InChI is InChI=1S/C15H19F3N2O4.ClH/c1-22-12-6-10(2-3-11(12)24-9-15(16,17)18)7-20-14(21)13-8-19-4-5-23-13;/h2-3,6,13,19H,4-5,7-9H2,1H3,(H,20,21);1H. The minimum absolute atomic E-state index is 0. The molecule has 10 heteroatoms. The van der Waals surface area contributed by atoms with E-state index < -0.39 is 18.9 Å². The summed E-state index contributed by atoms with van der Waals surface area (Å²) in [4.78, 5) is 11.9. The van der Waals surface area contributed by atoms with Gasteiger partial charge >= 0.3 is 6.18 Å². The fraction of sp³-hybridized carbons (Fsp3) is 0.533. The number of rotatable bonds is 6. The van der Waals surface area contributed by atoms with Gasteiger partial charge in [-0.1, -0.05) is 6.07 Å². The molecule has 1 amide bonds. The quantitative estimate of drug-likeness (QED) is 0.780. The number of hydrogen-bond donors (Lipinski definition) is 2. The zero-order valence-electron chi connectivity index (χ0n) is 13.5. The first-order valence-electron chi connectivity index (χ1n) is 7.35. The average Bonchev–Trinajstić information content (AvgIpc) is 2.58. The molecule has 0 aliphatic carbocycles. The maximum Gasteiger partial charge on any atom is 0.422 e. The topological polar surface area (TPSA) is 68.8 Å². The van der Waals surface area contributed by atoms with E-state index >= 15 is 0 Å². The van der Waals surface area contributed by atoms with Crippen LogP contribution in [0.25, 0.3) is 0 Å². The van der Waals surface area contributed by atoms with Crippen LogP contribution in [0, 0.1) is 0 Å². The molecule has 142 valence electrons. The third-order valence-corrected chi connectivity index (χ3v) is 3.31. The first-order chi connectivity index (χ1) is 11.4. The molecule has 1 aliphatic rings. The molecule has 1 aromatic carbocycles. The second kappa shape index (κ2) is 9.69. The number of ether oxygens (including phenoxy) is 3. The molecule has 0 aromatic heterocycles. The van der Waals surface area contributed by atoms with Crippen molar-refractivity contribution in [1.29, 1.82) is 0 Å². The summed E-state index contributed by atoms with van der Waals surface area (Å²) in [5.41, 5.74) is 0.670. The van der Waals surface area contributed by atoms with Gasteiger partial charge in [0, 0.05) is 19.6 Å². The van der Waals surface area contributed by atoms with Crippen LogP contribution in [0.5, 0.6) is 11.5 Å². The Morgan fingerprint density at radius 2 is 2.16 bits per heavy atom. The van der Waals surface area contributed by atoms with E-state index in [1.54, 1.807) is 6.07 Å². The van der Waals surface area contributed by atoms with Crippen molar-refractivity contribution in [2.75, 3.05) is 33.4 Å². The maximum atomic E-state index is 12.2. The molecule has 0 bridgehead atoms. The van der Waals surface area contributed by atoms with Crippen molar-refractivity contribution in [3.8, 4) is 11.5 Å². The number of amides is 1. The number of alkyl halides is 3. The lowest BCUT2D eigenvalue weighted by molar-refractivity contribution is -0.153. The number of halogens is 4. The molecule has 2 N–H and O–H groups in total. The van der Waals surface area contributed by atoms with Crippen LogP contribution in [-0.2, 0) is 16.1 Å². The summed E-state index contributed by atoms with van der Waals surface area (Å²) in [7, 11) is 1.33. The van der Waals surface area contributed by atoms with Gasteiger partial charge in [-0.3, -0.25) is 4.79 Å². The Kier molecular flexibility index (Phi) is 8.27. The fourth-order valence-electron chi connectivity index (χ4n) is 2.14. The Morgan fingerprint density at radius 1 is 1.40 bits per heavy atom. The van der Waals surface area contributed by atoms with Gasteiger partial charge in [-0.05, 0) is 17.7 Å². The second-order valence-electron chi connectivity index (χ2n) is 5.17. The number of carbonyl (C=O) groups excluding carboxylic acids is 1. The van der Waals surface area contributed by atoms with Crippen molar-refractivity contribution in [3.63, 3.8) is 0 Å². The highest BCUT2D eigenvalue weighted by Crippen LogP contribution is 2.29. The Labute approximate surface area is 149 Å². The van der Waals surface area contributed by atoms with E-state index in [0.717, 1.165) is 0 Å².